The normalized spacial score (nSPS) is 12.5. The van der Waals surface area contributed by atoms with E-state index < -0.39 is 0 Å². The number of ether oxygens (including phenoxy) is 1. The lowest BCUT2D eigenvalue weighted by Gasteiger charge is -2.39. The Labute approximate surface area is 113 Å². The highest BCUT2D eigenvalue weighted by Crippen LogP contribution is 2.35. The minimum atomic E-state index is -0.275. The average molecular weight is 260 g/mol. The topological polar surface area (TPSA) is 63.7 Å². The standard InChI is InChI=1S/C14H20N4O/c1-13(2,3)14(4,5)19-11-8-6-7-10(9-11)12-15-17-18-16-12/h6-9H,1-5H3,(H,15,16,17,18). The number of tetrazole rings is 1. The van der Waals surface area contributed by atoms with Crippen LogP contribution in [0.4, 0.5) is 0 Å². The molecule has 1 aromatic carbocycles. The minimum Gasteiger partial charge on any atom is -0.487 e. The van der Waals surface area contributed by atoms with Gasteiger partial charge in [-0.25, -0.2) is 0 Å². The first-order valence-electron chi connectivity index (χ1n) is 6.32. The van der Waals surface area contributed by atoms with Gasteiger partial charge in [0.25, 0.3) is 0 Å². The molecule has 2 rings (SSSR count). The van der Waals surface area contributed by atoms with Gasteiger partial charge in [-0.2, -0.15) is 5.21 Å². The Morgan fingerprint density at radius 2 is 1.84 bits per heavy atom. The molecule has 0 radical (unpaired) electrons. The van der Waals surface area contributed by atoms with E-state index in [1.807, 2.05) is 24.3 Å². The molecule has 0 amide bonds. The van der Waals surface area contributed by atoms with Crippen LogP contribution >= 0.6 is 0 Å². The van der Waals surface area contributed by atoms with E-state index in [1.165, 1.54) is 0 Å². The van der Waals surface area contributed by atoms with Crippen molar-refractivity contribution in [2.45, 2.75) is 40.2 Å². The first-order valence-corrected chi connectivity index (χ1v) is 6.32. The van der Waals surface area contributed by atoms with Crippen molar-refractivity contribution >= 4 is 0 Å². The second-order valence-corrected chi connectivity index (χ2v) is 6.13. The van der Waals surface area contributed by atoms with Crippen molar-refractivity contribution < 1.29 is 4.74 Å². The maximum atomic E-state index is 6.12. The van der Waals surface area contributed by atoms with Crippen molar-refractivity contribution in [3.63, 3.8) is 0 Å². The molecule has 0 aliphatic heterocycles. The molecule has 0 spiro atoms. The quantitative estimate of drug-likeness (QED) is 0.921. The van der Waals surface area contributed by atoms with Gasteiger partial charge in [-0.15, -0.1) is 10.2 Å². The third-order valence-corrected chi connectivity index (χ3v) is 3.62. The predicted molar refractivity (Wildman–Crippen MR) is 73.8 cm³/mol. The maximum Gasteiger partial charge on any atom is 0.204 e. The summed E-state index contributed by atoms with van der Waals surface area (Å²) >= 11 is 0. The number of hydrogen-bond donors (Lipinski definition) is 1. The molecular weight excluding hydrogens is 240 g/mol. The highest BCUT2D eigenvalue weighted by Gasteiger charge is 2.34. The fraction of sp³-hybridized carbons (Fsp3) is 0.500. The van der Waals surface area contributed by atoms with Gasteiger partial charge >= 0.3 is 0 Å². The van der Waals surface area contributed by atoms with E-state index in [1.54, 1.807) is 0 Å². The molecule has 1 heterocycles. The molecule has 5 heteroatoms. The summed E-state index contributed by atoms with van der Waals surface area (Å²) in [7, 11) is 0. The zero-order valence-electron chi connectivity index (χ0n) is 12.1. The van der Waals surface area contributed by atoms with Crippen LogP contribution in [-0.4, -0.2) is 26.2 Å². The van der Waals surface area contributed by atoms with Gasteiger partial charge in [0.05, 0.1) is 0 Å². The molecule has 0 aliphatic carbocycles. The van der Waals surface area contributed by atoms with Gasteiger partial charge in [0.1, 0.15) is 11.4 Å². The number of hydrogen-bond acceptors (Lipinski definition) is 4. The fourth-order valence-corrected chi connectivity index (χ4v) is 1.43. The van der Waals surface area contributed by atoms with E-state index in [2.05, 4.69) is 55.2 Å². The van der Waals surface area contributed by atoms with E-state index in [-0.39, 0.29) is 11.0 Å². The molecule has 0 atom stereocenters. The summed E-state index contributed by atoms with van der Waals surface area (Å²) in [5.41, 5.74) is 0.647. The minimum absolute atomic E-state index is 0.0369. The molecule has 5 nitrogen and oxygen atoms in total. The maximum absolute atomic E-state index is 6.12. The Hall–Kier alpha value is -1.91. The molecule has 0 aliphatic rings. The summed E-state index contributed by atoms with van der Waals surface area (Å²) in [6.07, 6.45) is 0. The lowest BCUT2D eigenvalue weighted by molar-refractivity contribution is 0.000849. The zero-order valence-corrected chi connectivity index (χ0v) is 12.1. The van der Waals surface area contributed by atoms with E-state index in [4.69, 9.17) is 4.74 Å². The summed E-state index contributed by atoms with van der Waals surface area (Å²) in [5, 5.41) is 14.0. The van der Waals surface area contributed by atoms with Crippen molar-refractivity contribution in [2.24, 2.45) is 5.41 Å². The van der Waals surface area contributed by atoms with Crippen molar-refractivity contribution in [1.29, 1.82) is 0 Å². The first-order chi connectivity index (χ1) is 8.79. The van der Waals surface area contributed by atoms with Gasteiger partial charge < -0.3 is 4.74 Å². The molecule has 0 fully saturated rings. The Balaban J connectivity index is 2.26. The molecule has 19 heavy (non-hydrogen) atoms. The largest absolute Gasteiger partial charge is 0.487 e. The van der Waals surface area contributed by atoms with Gasteiger partial charge in [0.15, 0.2) is 0 Å². The van der Waals surface area contributed by atoms with Gasteiger partial charge in [0, 0.05) is 11.0 Å². The number of rotatable bonds is 3. The van der Waals surface area contributed by atoms with Crippen molar-refractivity contribution in [3.05, 3.63) is 24.3 Å². The van der Waals surface area contributed by atoms with Crippen LogP contribution in [0.3, 0.4) is 0 Å². The Morgan fingerprint density at radius 1 is 1.11 bits per heavy atom. The van der Waals surface area contributed by atoms with Gasteiger partial charge in [-0.1, -0.05) is 32.9 Å². The zero-order chi connectivity index (χ0) is 14.1. The molecule has 0 saturated carbocycles. The SMILES string of the molecule is CC(C)(C)C(C)(C)Oc1cccc(-c2nn[nH]n2)c1. The number of H-pyrrole nitrogens is 1. The third kappa shape index (κ3) is 2.92. The van der Waals surface area contributed by atoms with Crippen molar-refractivity contribution in [3.8, 4) is 17.1 Å². The molecule has 0 bridgehead atoms. The second-order valence-electron chi connectivity index (χ2n) is 6.13. The van der Waals surface area contributed by atoms with Crippen LogP contribution in [0.5, 0.6) is 5.75 Å². The summed E-state index contributed by atoms with van der Waals surface area (Å²) < 4.78 is 6.12. The summed E-state index contributed by atoms with van der Waals surface area (Å²) in [6.45, 7) is 10.7. The molecule has 2 aromatic rings. The van der Waals surface area contributed by atoms with Crippen LogP contribution in [0, 0.1) is 5.41 Å². The van der Waals surface area contributed by atoms with Crippen molar-refractivity contribution in [2.75, 3.05) is 0 Å². The van der Waals surface area contributed by atoms with E-state index in [0.717, 1.165) is 11.3 Å². The predicted octanol–water partition coefficient (Wildman–Crippen LogP) is 3.07. The summed E-state index contributed by atoms with van der Waals surface area (Å²) in [4.78, 5) is 0. The smallest absolute Gasteiger partial charge is 0.204 e. The highest BCUT2D eigenvalue weighted by molar-refractivity contribution is 5.56. The molecule has 1 N–H and O–H groups in total. The second kappa shape index (κ2) is 4.64. The Morgan fingerprint density at radius 3 is 2.42 bits per heavy atom. The molecule has 0 saturated heterocycles. The van der Waals surface area contributed by atoms with Crippen LogP contribution in [-0.2, 0) is 0 Å². The van der Waals surface area contributed by atoms with Crippen LogP contribution in [0.15, 0.2) is 24.3 Å². The number of aromatic amines is 1. The Kier molecular flexibility index (Phi) is 3.30. The van der Waals surface area contributed by atoms with E-state index >= 15 is 0 Å². The number of benzene rings is 1. The number of nitrogens with zero attached hydrogens (tertiary/aromatic N) is 3. The van der Waals surface area contributed by atoms with Gasteiger partial charge in [-0.3, -0.25) is 0 Å². The van der Waals surface area contributed by atoms with Crippen LogP contribution in [0.25, 0.3) is 11.4 Å². The van der Waals surface area contributed by atoms with Crippen LogP contribution < -0.4 is 4.74 Å². The van der Waals surface area contributed by atoms with E-state index in [9.17, 15) is 0 Å². The highest BCUT2D eigenvalue weighted by atomic mass is 16.5. The number of aromatic nitrogens is 4. The molecule has 0 unspecified atom stereocenters. The lowest BCUT2D eigenvalue weighted by Crippen LogP contribution is -2.42. The van der Waals surface area contributed by atoms with E-state index in [0.29, 0.717) is 5.82 Å². The first kappa shape index (κ1) is 13.5. The fourth-order valence-electron chi connectivity index (χ4n) is 1.43. The van der Waals surface area contributed by atoms with Crippen molar-refractivity contribution in [1.82, 2.24) is 20.6 Å². The Bertz CT molecular complexity index is 541. The monoisotopic (exact) mass is 260 g/mol. The molecular formula is C14H20N4O. The number of nitrogens with one attached hydrogen (secondary N) is 1. The summed E-state index contributed by atoms with van der Waals surface area (Å²) in [5.74, 6) is 1.38. The van der Waals surface area contributed by atoms with Gasteiger partial charge in [-0.05, 0) is 31.2 Å². The molecule has 102 valence electrons. The lowest BCUT2D eigenvalue weighted by atomic mass is 9.79. The van der Waals surface area contributed by atoms with Gasteiger partial charge in [0.2, 0.25) is 5.82 Å². The third-order valence-electron chi connectivity index (χ3n) is 3.62. The molecule has 1 aromatic heterocycles. The van der Waals surface area contributed by atoms with Crippen LogP contribution in [0.1, 0.15) is 34.6 Å². The van der Waals surface area contributed by atoms with Crippen LogP contribution in [0.2, 0.25) is 0 Å². The average Bonchev–Trinajstić information content (AvgIpc) is 2.80. The summed E-state index contributed by atoms with van der Waals surface area (Å²) in [6, 6.07) is 7.73.